The zero-order chi connectivity index (χ0) is 10.2. The standard InChI is InChI=1S/C7H14N4O2/c1-4(2)11-6(13)10-5(12)3-7(11,8)9/h4H,3,8-9H2,1-2H3,(H,10,12,13). The van der Waals surface area contributed by atoms with E-state index in [4.69, 9.17) is 11.5 Å². The summed E-state index contributed by atoms with van der Waals surface area (Å²) in [6.45, 7) is 3.56. The number of hydrogen-bond acceptors (Lipinski definition) is 4. The Bertz CT molecular complexity index is 249. The van der Waals surface area contributed by atoms with Gasteiger partial charge in [0.05, 0.1) is 6.42 Å². The Morgan fingerprint density at radius 2 is 2.00 bits per heavy atom. The van der Waals surface area contributed by atoms with Gasteiger partial charge in [0.1, 0.15) is 0 Å². The highest BCUT2D eigenvalue weighted by molar-refractivity contribution is 5.97. The van der Waals surface area contributed by atoms with Crippen molar-refractivity contribution in [3.63, 3.8) is 0 Å². The number of nitrogens with zero attached hydrogens (tertiary/aromatic N) is 1. The third-order valence-electron chi connectivity index (χ3n) is 1.87. The van der Waals surface area contributed by atoms with Crippen LogP contribution in [-0.2, 0) is 4.79 Å². The van der Waals surface area contributed by atoms with E-state index in [-0.39, 0.29) is 12.5 Å². The summed E-state index contributed by atoms with van der Waals surface area (Å²) in [6, 6.07) is -0.667. The van der Waals surface area contributed by atoms with Crippen molar-refractivity contribution in [2.24, 2.45) is 11.5 Å². The molecule has 1 aliphatic heterocycles. The summed E-state index contributed by atoms with van der Waals surface area (Å²) in [6.07, 6.45) is -0.0725. The summed E-state index contributed by atoms with van der Waals surface area (Å²) >= 11 is 0. The van der Waals surface area contributed by atoms with E-state index >= 15 is 0 Å². The number of imide groups is 1. The third kappa shape index (κ3) is 1.78. The van der Waals surface area contributed by atoms with E-state index in [1.165, 1.54) is 4.90 Å². The van der Waals surface area contributed by atoms with E-state index in [2.05, 4.69) is 5.32 Å². The number of nitrogens with two attached hydrogens (primary N) is 2. The predicted molar refractivity (Wildman–Crippen MR) is 46.2 cm³/mol. The molecule has 0 bridgehead atoms. The molecule has 5 N–H and O–H groups in total. The highest BCUT2D eigenvalue weighted by Crippen LogP contribution is 2.15. The van der Waals surface area contributed by atoms with E-state index in [9.17, 15) is 9.59 Å². The van der Waals surface area contributed by atoms with Crippen molar-refractivity contribution < 1.29 is 9.59 Å². The number of carbonyl (C=O) groups excluding carboxylic acids is 2. The first-order chi connectivity index (χ1) is 5.84. The first-order valence-electron chi connectivity index (χ1n) is 4.05. The minimum atomic E-state index is -1.37. The van der Waals surface area contributed by atoms with Crippen molar-refractivity contribution in [3.05, 3.63) is 0 Å². The molecule has 0 unspecified atom stereocenters. The van der Waals surface area contributed by atoms with Crippen molar-refractivity contribution in [2.45, 2.75) is 32.1 Å². The summed E-state index contributed by atoms with van der Waals surface area (Å²) in [7, 11) is 0. The molecule has 0 aliphatic carbocycles. The van der Waals surface area contributed by atoms with Crippen molar-refractivity contribution >= 4 is 11.9 Å². The molecule has 6 heteroatoms. The molecule has 1 aliphatic rings. The fourth-order valence-corrected chi connectivity index (χ4v) is 1.47. The van der Waals surface area contributed by atoms with Crippen LogP contribution < -0.4 is 16.8 Å². The van der Waals surface area contributed by atoms with Gasteiger partial charge in [-0.3, -0.25) is 26.5 Å². The Balaban J connectivity index is 2.92. The molecule has 1 fully saturated rings. The van der Waals surface area contributed by atoms with Crippen molar-refractivity contribution in [3.8, 4) is 0 Å². The van der Waals surface area contributed by atoms with E-state index in [1.54, 1.807) is 13.8 Å². The van der Waals surface area contributed by atoms with Crippen LogP contribution in [0.25, 0.3) is 0 Å². The molecule has 0 spiro atoms. The number of rotatable bonds is 1. The Kier molecular flexibility index (Phi) is 2.27. The fraction of sp³-hybridized carbons (Fsp3) is 0.714. The summed E-state index contributed by atoms with van der Waals surface area (Å²) in [5.74, 6) is -1.81. The molecule has 1 saturated heterocycles. The molecule has 0 aromatic carbocycles. The summed E-state index contributed by atoms with van der Waals surface area (Å²) < 4.78 is 0. The minimum absolute atomic E-state index is 0.0725. The van der Waals surface area contributed by atoms with Crippen LogP contribution in [-0.4, -0.2) is 28.7 Å². The molecule has 0 saturated carbocycles. The molecule has 3 amide bonds. The van der Waals surface area contributed by atoms with E-state index < -0.39 is 17.7 Å². The predicted octanol–water partition coefficient (Wildman–Crippen LogP) is -1.09. The van der Waals surface area contributed by atoms with Crippen LogP contribution in [0.1, 0.15) is 20.3 Å². The lowest BCUT2D eigenvalue weighted by Crippen LogP contribution is -2.73. The third-order valence-corrected chi connectivity index (χ3v) is 1.87. The zero-order valence-corrected chi connectivity index (χ0v) is 7.70. The van der Waals surface area contributed by atoms with Crippen molar-refractivity contribution in [1.82, 2.24) is 10.2 Å². The second kappa shape index (κ2) is 2.97. The van der Waals surface area contributed by atoms with Gasteiger partial charge >= 0.3 is 6.03 Å². The molecular weight excluding hydrogens is 172 g/mol. The second-order valence-corrected chi connectivity index (χ2v) is 3.49. The molecule has 1 rings (SSSR count). The van der Waals surface area contributed by atoms with Crippen LogP contribution in [0.2, 0.25) is 0 Å². The van der Waals surface area contributed by atoms with Crippen LogP contribution in [0.4, 0.5) is 4.79 Å². The van der Waals surface area contributed by atoms with Gasteiger partial charge in [-0.2, -0.15) is 0 Å². The molecule has 13 heavy (non-hydrogen) atoms. The number of urea groups is 1. The van der Waals surface area contributed by atoms with Gasteiger partial charge < -0.3 is 0 Å². The number of hydrogen-bond donors (Lipinski definition) is 3. The summed E-state index contributed by atoms with van der Waals surface area (Å²) in [5.41, 5.74) is 11.3. The van der Waals surface area contributed by atoms with Crippen LogP contribution in [0, 0.1) is 0 Å². The largest absolute Gasteiger partial charge is 0.326 e. The number of carbonyl (C=O) groups is 2. The normalized spacial score (nSPS) is 22.1. The average molecular weight is 186 g/mol. The Labute approximate surface area is 76.2 Å². The van der Waals surface area contributed by atoms with Crippen molar-refractivity contribution in [1.29, 1.82) is 0 Å². The van der Waals surface area contributed by atoms with Crippen LogP contribution >= 0.6 is 0 Å². The topological polar surface area (TPSA) is 101 Å². The van der Waals surface area contributed by atoms with Crippen LogP contribution in [0.15, 0.2) is 0 Å². The molecule has 0 radical (unpaired) electrons. The highest BCUT2D eigenvalue weighted by atomic mass is 16.2. The Hall–Kier alpha value is -1.14. The summed E-state index contributed by atoms with van der Waals surface area (Å²) in [5, 5.41) is 2.15. The van der Waals surface area contributed by atoms with Gasteiger partial charge in [-0.1, -0.05) is 0 Å². The minimum Gasteiger partial charge on any atom is -0.296 e. The lowest BCUT2D eigenvalue weighted by molar-refractivity contribution is -0.125. The highest BCUT2D eigenvalue weighted by Gasteiger charge is 2.41. The lowest BCUT2D eigenvalue weighted by atomic mass is 10.1. The van der Waals surface area contributed by atoms with Crippen LogP contribution in [0.5, 0.6) is 0 Å². The van der Waals surface area contributed by atoms with E-state index in [0.29, 0.717) is 0 Å². The maximum absolute atomic E-state index is 11.3. The quantitative estimate of drug-likeness (QED) is 0.453. The smallest absolute Gasteiger partial charge is 0.296 e. The lowest BCUT2D eigenvalue weighted by Gasteiger charge is -2.42. The molecular formula is C7H14N4O2. The summed E-state index contributed by atoms with van der Waals surface area (Å²) in [4.78, 5) is 23.5. The fourth-order valence-electron chi connectivity index (χ4n) is 1.47. The molecule has 74 valence electrons. The molecule has 0 aromatic rings. The van der Waals surface area contributed by atoms with E-state index in [1.807, 2.05) is 0 Å². The van der Waals surface area contributed by atoms with E-state index in [0.717, 1.165) is 0 Å². The van der Waals surface area contributed by atoms with Gasteiger partial charge in [0.25, 0.3) is 0 Å². The first kappa shape index (κ1) is 9.94. The van der Waals surface area contributed by atoms with Gasteiger partial charge in [0.2, 0.25) is 5.91 Å². The SMILES string of the molecule is CC(C)N1C(=O)NC(=O)CC1(N)N. The number of nitrogens with one attached hydrogen (secondary N) is 1. The van der Waals surface area contributed by atoms with Gasteiger partial charge in [0, 0.05) is 6.04 Å². The Morgan fingerprint density at radius 3 is 2.38 bits per heavy atom. The molecule has 0 atom stereocenters. The molecule has 0 aromatic heterocycles. The average Bonchev–Trinajstić information content (AvgIpc) is 1.78. The molecule has 1 heterocycles. The van der Waals surface area contributed by atoms with Gasteiger partial charge in [-0.05, 0) is 13.8 Å². The monoisotopic (exact) mass is 186 g/mol. The van der Waals surface area contributed by atoms with Gasteiger partial charge in [0.15, 0.2) is 5.79 Å². The zero-order valence-electron chi connectivity index (χ0n) is 7.70. The Morgan fingerprint density at radius 1 is 1.46 bits per heavy atom. The van der Waals surface area contributed by atoms with Crippen molar-refractivity contribution in [2.75, 3.05) is 0 Å². The maximum Gasteiger partial charge on any atom is 0.326 e. The molecule has 6 nitrogen and oxygen atoms in total. The van der Waals surface area contributed by atoms with Crippen LogP contribution in [0.3, 0.4) is 0 Å². The van der Waals surface area contributed by atoms with Gasteiger partial charge in [-0.15, -0.1) is 0 Å². The second-order valence-electron chi connectivity index (χ2n) is 3.49. The number of amides is 3. The first-order valence-corrected chi connectivity index (χ1v) is 4.05. The van der Waals surface area contributed by atoms with Gasteiger partial charge in [-0.25, -0.2) is 4.79 Å². The maximum atomic E-state index is 11.3.